The van der Waals surface area contributed by atoms with E-state index in [0.717, 1.165) is 11.1 Å². The van der Waals surface area contributed by atoms with Crippen molar-refractivity contribution in [3.8, 4) is 5.75 Å². The normalized spacial score (nSPS) is 17.9. The van der Waals surface area contributed by atoms with Crippen LogP contribution < -0.4 is 0 Å². The number of carboxylic acids is 1. The number of phenolic OH excluding ortho intramolecular Hbond substituents is 1. The molecule has 0 radical (unpaired) electrons. The van der Waals surface area contributed by atoms with E-state index in [0.29, 0.717) is 23.3 Å². The van der Waals surface area contributed by atoms with Gasteiger partial charge in [-0.2, -0.15) is 0 Å². The Morgan fingerprint density at radius 2 is 1.96 bits per heavy atom. The molecule has 1 atom stereocenters. The van der Waals surface area contributed by atoms with E-state index in [1.807, 2.05) is 19.1 Å². The van der Waals surface area contributed by atoms with Gasteiger partial charge in [0.15, 0.2) is 0 Å². The summed E-state index contributed by atoms with van der Waals surface area (Å²) in [6.45, 7) is 3.57. The average Bonchev–Trinajstić information content (AvgIpc) is 2.59. The molecule has 0 amide bonds. The number of phenols is 1. The smallest absolute Gasteiger partial charge is 0.310 e. The van der Waals surface area contributed by atoms with Crippen molar-refractivity contribution < 1.29 is 19.8 Å². The Hall–Kier alpha value is -2.27. The van der Waals surface area contributed by atoms with Crippen LogP contribution in [0.2, 0.25) is 0 Å². The van der Waals surface area contributed by atoms with Crippen LogP contribution in [0, 0.1) is 5.92 Å². The molecule has 4 nitrogen and oxygen atoms in total. The summed E-state index contributed by atoms with van der Waals surface area (Å²) in [6, 6.07) is 6.94. The summed E-state index contributed by atoms with van der Waals surface area (Å²) in [5.41, 5.74) is 2.97. The molecule has 0 fully saturated rings. The molecule has 5 heteroatoms. The molecule has 2 N–H and O–H groups in total. The van der Waals surface area contributed by atoms with E-state index in [9.17, 15) is 14.7 Å². The molecule has 1 unspecified atom stereocenters. The van der Waals surface area contributed by atoms with E-state index in [1.54, 1.807) is 37.3 Å². The molecule has 0 heterocycles. The molecule has 126 valence electrons. The summed E-state index contributed by atoms with van der Waals surface area (Å²) in [6.07, 6.45) is 5.77. The maximum absolute atomic E-state index is 12.4. The molecular weight excluding hydrogens is 324 g/mol. The van der Waals surface area contributed by atoms with Crippen LogP contribution in [0.15, 0.2) is 53.6 Å². The van der Waals surface area contributed by atoms with Crippen LogP contribution in [-0.4, -0.2) is 27.1 Å². The van der Waals surface area contributed by atoms with Crippen LogP contribution in [0.25, 0.3) is 5.57 Å². The first-order chi connectivity index (χ1) is 11.4. The van der Waals surface area contributed by atoms with Gasteiger partial charge in [0.05, 0.1) is 5.92 Å². The number of benzene rings is 1. The molecule has 24 heavy (non-hydrogen) atoms. The number of carbonyl (C=O) groups excluding carboxylic acids is 1. The van der Waals surface area contributed by atoms with Crippen LogP contribution in [0.1, 0.15) is 25.8 Å². The largest absolute Gasteiger partial charge is 0.507 e. The predicted octanol–water partition coefficient (Wildman–Crippen LogP) is 4.03. The number of allylic oxidation sites excluding steroid dienone is 3. The minimum atomic E-state index is -0.831. The second-order valence-corrected chi connectivity index (χ2v) is 6.61. The SMILES string of the molecule is C/C(C(=O)SCC1=CCC(C(=O)O)C=C1)=C(/C)c1ccccc1O. The number of carbonyl (C=O) groups is 2. The second kappa shape index (κ2) is 8.02. The van der Waals surface area contributed by atoms with Gasteiger partial charge in [0.2, 0.25) is 5.12 Å². The molecular formula is C19H20O4S. The van der Waals surface area contributed by atoms with Crippen molar-refractivity contribution >= 4 is 28.4 Å². The Morgan fingerprint density at radius 1 is 1.25 bits per heavy atom. The van der Waals surface area contributed by atoms with E-state index >= 15 is 0 Å². The molecule has 2 rings (SSSR count). The Bertz CT molecular complexity index is 743. The first kappa shape index (κ1) is 18.1. The van der Waals surface area contributed by atoms with Crippen LogP contribution in [0.3, 0.4) is 0 Å². The monoisotopic (exact) mass is 344 g/mol. The highest BCUT2D eigenvalue weighted by Crippen LogP contribution is 2.29. The fourth-order valence-electron chi connectivity index (χ4n) is 2.36. The standard InChI is InChI=1S/C19H20O4S/c1-12(16-5-3-4-6-17(16)20)13(2)19(23)24-11-14-7-9-15(10-8-14)18(21)22/h3-9,15,20H,10-11H2,1-2H3,(H,21,22)/b13-12+. The third-order valence-corrected chi connectivity index (χ3v) is 5.09. The zero-order valence-corrected chi connectivity index (χ0v) is 14.5. The molecule has 0 spiro atoms. The fraction of sp³-hybridized carbons (Fsp3) is 0.263. The molecule has 1 aliphatic rings. The molecule has 0 bridgehead atoms. The summed E-state index contributed by atoms with van der Waals surface area (Å²) < 4.78 is 0. The topological polar surface area (TPSA) is 74.6 Å². The van der Waals surface area contributed by atoms with Gasteiger partial charge in [0.1, 0.15) is 5.75 Å². The van der Waals surface area contributed by atoms with Crippen molar-refractivity contribution in [1.29, 1.82) is 0 Å². The minimum absolute atomic E-state index is 0.0505. The number of thioether (sulfide) groups is 1. The number of para-hydroxylation sites is 1. The van der Waals surface area contributed by atoms with Crippen molar-refractivity contribution in [1.82, 2.24) is 0 Å². The van der Waals surface area contributed by atoms with Crippen molar-refractivity contribution in [3.05, 3.63) is 59.2 Å². The molecule has 1 aromatic carbocycles. The molecule has 0 saturated carbocycles. The number of aliphatic carboxylic acids is 1. The zero-order valence-electron chi connectivity index (χ0n) is 13.7. The van der Waals surface area contributed by atoms with Crippen LogP contribution >= 0.6 is 11.8 Å². The van der Waals surface area contributed by atoms with E-state index in [4.69, 9.17) is 5.11 Å². The number of hydrogen-bond donors (Lipinski definition) is 2. The number of hydrogen-bond acceptors (Lipinski definition) is 4. The van der Waals surface area contributed by atoms with Gasteiger partial charge in [0.25, 0.3) is 0 Å². The molecule has 0 saturated heterocycles. The first-order valence-electron chi connectivity index (χ1n) is 7.63. The van der Waals surface area contributed by atoms with Gasteiger partial charge in [-0.3, -0.25) is 9.59 Å². The van der Waals surface area contributed by atoms with Gasteiger partial charge in [-0.15, -0.1) is 0 Å². The second-order valence-electron chi connectivity index (χ2n) is 5.66. The summed E-state index contributed by atoms with van der Waals surface area (Å²) >= 11 is 1.18. The zero-order chi connectivity index (χ0) is 17.7. The van der Waals surface area contributed by atoms with E-state index in [1.165, 1.54) is 11.8 Å². The van der Waals surface area contributed by atoms with E-state index in [-0.39, 0.29) is 10.9 Å². The van der Waals surface area contributed by atoms with Gasteiger partial charge in [-0.25, -0.2) is 0 Å². The lowest BCUT2D eigenvalue weighted by atomic mass is 9.98. The fourth-order valence-corrected chi connectivity index (χ4v) is 3.24. The highest BCUT2D eigenvalue weighted by Gasteiger charge is 2.17. The van der Waals surface area contributed by atoms with Crippen LogP contribution in [-0.2, 0) is 9.59 Å². The highest BCUT2D eigenvalue weighted by molar-refractivity contribution is 8.14. The van der Waals surface area contributed by atoms with Crippen molar-refractivity contribution in [2.24, 2.45) is 5.92 Å². The Kier molecular flexibility index (Phi) is 6.04. The van der Waals surface area contributed by atoms with Gasteiger partial charge in [-0.05, 0) is 37.5 Å². The quantitative estimate of drug-likeness (QED) is 0.789. The summed E-state index contributed by atoms with van der Waals surface area (Å²) in [7, 11) is 0. The lowest BCUT2D eigenvalue weighted by Gasteiger charge is -2.12. The number of carboxylic acid groups (broad SMARTS) is 1. The summed E-state index contributed by atoms with van der Waals surface area (Å²) in [5.74, 6) is -0.640. The van der Waals surface area contributed by atoms with Gasteiger partial charge < -0.3 is 10.2 Å². The lowest BCUT2D eigenvalue weighted by molar-refractivity contribution is -0.140. The molecule has 1 aromatic rings. The van der Waals surface area contributed by atoms with E-state index < -0.39 is 11.9 Å². The molecule has 0 aliphatic heterocycles. The Labute approximate surface area is 145 Å². The lowest BCUT2D eigenvalue weighted by Crippen LogP contribution is -2.12. The number of aromatic hydroxyl groups is 1. The van der Waals surface area contributed by atoms with Gasteiger partial charge >= 0.3 is 5.97 Å². The van der Waals surface area contributed by atoms with Crippen molar-refractivity contribution in [3.63, 3.8) is 0 Å². The van der Waals surface area contributed by atoms with Gasteiger partial charge in [0, 0.05) is 16.9 Å². The minimum Gasteiger partial charge on any atom is -0.507 e. The van der Waals surface area contributed by atoms with Crippen molar-refractivity contribution in [2.75, 3.05) is 5.75 Å². The van der Waals surface area contributed by atoms with E-state index in [2.05, 4.69) is 0 Å². The van der Waals surface area contributed by atoms with Gasteiger partial charge in [-0.1, -0.05) is 48.2 Å². The summed E-state index contributed by atoms with van der Waals surface area (Å²) in [5, 5.41) is 18.8. The maximum atomic E-state index is 12.4. The summed E-state index contributed by atoms with van der Waals surface area (Å²) in [4.78, 5) is 23.2. The average molecular weight is 344 g/mol. The predicted molar refractivity (Wildman–Crippen MR) is 96.8 cm³/mol. The third kappa shape index (κ3) is 4.38. The van der Waals surface area contributed by atoms with Crippen LogP contribution in [0.4, 0.5) is 0 Å². The highest BCUT2D eigenvalue weighted by atomic mass is 32.2. The first-order valence-corrected chi connectivity index (χ1v) is 8.61. The Morgan fingerprint density at radius 3 is 2.54 bits per heavy atom. The van der Waals surface area contributed by atoms with Crippen molar-refractivity contribution in [2.45, 2.75) is 20.3 Å². The third-order valence-electron chi connectivity index (χ3n) is 4.04. The maximum Gasteiger partial charge on any atom is 0.310 e. The van der Waals surface area contributed by atoms with Crippen LogP contribution in [0.5, 0.6) is 5.75 Å². The molecule has 1 aliphatic carbocycles. The number of rotatable bonds is 5. The molecule has 0 aromatic heterocycles. The Balaban J connectivity index is 2.00.